The lowest BCUT2D eigenvalue weighted by molar-refractivity contribution is 0.418. The predicted molar refractivity (Wildman–Crippen MR) is 52.8 cm³/mol. The molecule has 0 spiro atoms. The van der Waals surface area contributed by atoms with Crippen LogP contribution in [-0.2, 0) is 0 Å². The quantitative estimate of drug-likeness (QED) is 0.656. The first kappa shape index (κ1) is 9.39. The normalized spacial score (nSPS) is 9.00. The van der Waals surface area contributed by atoms with Gasteiger partial charge in [-0.05, 0) is 24.6 Å². The van der Waals surface area contributed by atoms with Gasteiger partial charge in [0.2, 0.25) is 0 Å². The van der Waals surface area contributed by atoms with Gasteiger partial charge in [-0.3, -0.25) is 0 Å². The Kier molecular flexibility index (Phi) is 3.15. The zero-order valence-corrected chi connectivity index (χ0v) is 7.62. The van der Waals surface area contributed by atoms with Gasteiger partial charge in [0, 0.05) is 0 Å². The molecule has 68 valence electrons. The molecule has 1 aromatic rings. The molecule has 2 heteroatoms. The van der Waals surface area contributed by atoms with E-state index in [9.17, 15) is 0 Å². The standard InChI is InChI=1S/C11H12O2/c1-4-12-10-7-6-9(3)8-11(10)13-5-2/h4-8H,1-2H2,3H3. The van der Waals surface area contributed by atoms with Gasteiger partial charge in [0.05, 0.1) is 12.5 Å². The lowest BCUT2D eigenvalue weighted by Crippen LogP contribution is -1.88. The molecule has 0 amide bonds. The van der Waals surface area contributed by atoms with Gasteiger partial charge in [-0.15, -0.1) is 0 Å². The fourth-order valence-corrected chi connectivity index (χ4v) is 0.984. The number of aryl methyl sites for hydroxylation is 1. The van der Waals surface area contributed by atoms with Crippen LogP contribution >= 0.6 is 0 Å². The first-order chi connectivity index (χ1) is 6.27. The predicted octanol–water partition coefficient (Wildman–Crippen LogP) is 3.04. The van der Waals surface area contributed by atoms with Crippen LogP contribution in [0.4, 0.5) is 0 Å². The minimum Gasteiger partial charge on any atom is -0.462 e. The summed E-state index contributed by atoms with van der Waals surface area (Å²) in [6.45, 7) is 8.94. The zero-order valence-electron chi connectivity index (χ0n) is 7.62. The van der Waals surface area contributed by atoms with Crippen LogP contribution in [0.3, 0.4) is 0 Å². The minimum absolute atomic E-state index is 0.639. The van der Waals surface area contributed by atoms with E-state index in [1.807, 2.05) is 25.1 Å². The Morgan fingerprint density at radius 3 is 2.31 bits per heavy atom. The van der Waals surface area contributed by atoms with Crippen LogP contribution in [0.25, 0.3) is 0 Å². The molecule has 0 radical (unpaired) electrons. The van der Waals surface area contributed by atoms with Gasteiger partial charge in [-0.2, -0.15) is 0 Å². The maximum absolute atomic E-state index is 5.16. The van der Waals surface area contributed by atoms with E-state index in [1.165, 1.54) is 12.5 Å². The molecule has 0 bridgehead atoms. The second kappa shape index (κ2) is 4.36. The van der Waals surface area contributed by atoms with Gasteiger partial charge >= 0.3 is 0 Å². The number of hydrogen-bond acceptors (Lipinski definition) is 2. The molecular formula is C11H12O2. The Hall–Kier alpha value is -1.70. The van der Waals surface area contributed by atoms with Crippen molar-refractivity contribution in [2.24, 2.45) is 0 Å². The molecule has 0 aliphatic rings. The molecule has 0 heterocycles. The van der Waals surface area contributed by atoms with E-state index in [-0.39, 0.29) is 0 Å². The summed E-state index contributed by atoms with van der Waals surface area (Å²) in [5.74, 6) is 1.29. The number of ether oxygens (including phenoxy) is 2. The zero-order chi connectivity index (χ0) is 9.68. The van der Waals surface area contributed by atoms with Crippen LogP contribution in [0.5, 0.6) is 11.5 Å². The van der Waals surface area contributed by atoms with E-state index in [0.717, 1.165) is 5.56 Å². The molecular weight excluding hydrogens is 164 g/mol. The molecule has 0 aromatic heterocycles. The highest BCUT2D eigenvalue weighted by molar-refractivity contribution is 5.43. The molecule has 0 N–H and O–H groups in total. The Bertz CT molecular complexity index is 316. The Balaban J connectivity index is 3.01. The van der Waals surface area contributed by atoms with Crippen molar-refractivity contribution < 1.29 is 9.47 Å². The van der Waals surface area contributed by atoms with E-state index < -0.39 is 0 Å². The number of benzene rings is 1. The third-order valence-electron chi connectivity index (χ3n) is 1.52. The Morgan fingerprint density at radius 1 is 1.08 bits per heavy atom. The summed E-state index contributed by atoms with van der Waals surface area (Å²) in [6.07, 6.45) is 2.73. The van der Waals surface area contributed by atoms with Crippen molar-refractivity contribution in [3.63, 3.8) is 0 Å². The summed E-state index contributed by atoms with van der Waals surface area (Å²) in [7, 11) is 0. The molecule has 0 unspecified atom stereocenters. The molecule has 13 heavy (non-hydrogen) atoms. The van der Waals surface area contributed by atoms with E-state index in [4.69, 9.17) is 9.47 Å². The van der Waals surface area contributed by atoms with Gasteiger partial charge < -0.3 is 9.47 Å². The smallest absolute Gasteiger partial charge is 0.169 e. The van der Waals surface area contributed by atoms with Gasteiger partial charge in [-0.25, -0.2) is 0 Å². The summed E-state index contributed by atoms with van der Waals surface area (Å²) in [4.78, 5) is 0. The maximum Gasteiger partial charge on any atom is 0.169 e. The minimum atomic E-state index is 0.639. The van der Waals surface area contributed by atoms with Gasteiger partial charge in [0.15, 0.2) is 11.5 Å². The van der Waals surface area contributed by atoms with Crippen molar-refractivity contribution in [2.75, 3.05) is 0 Å². The van der Waals surface area contributed by atoms with Crippen LogP contribution in [0.1, 0.15) is 5.56 Å². The van der Waals surface area contributed by atoms with Gasteiger partial charge in [0.1, 0.15) is 0 Å². The van der Waals surface area contributed by atoms with E-state index in [0.29, 0.717) is 11.5 Å². The molecule has 0 fully saturated rings. The molecule has 0 saturated carbocycles. The average Bonchev–Trinajstić information content (AvgIpc) is 2.10. The maximum atomic E-state index is 5.16. The summed E-state index contributed by atoms with van der Waals surface area (Å²) in [5.41, 5.74) is 1.10. The van der Waals surface area contributed by atoms with Crippen molar-refractivity contribution in [2.45, 2.75) is 6.92 Å². The molecule has 0 atom stereocenters. The highest BCUT2D eigenvalue weighted by Crippen LogP contribution is 2.28. The molecule has 0 aliphatic carbocycles. The topological polar surface area (TPSA) is 18.5 Å². The summed E-state index contributed by atoms with van der Waals surface area (Å²) < 4.78 is 10.3. The monoisotopic (exact) mass is 176 g/mol. The first-order valence-electron chi connectivity index (χ1n) is 3.93. The number of rotatable bonds is 4. The molecule has 1 rings (SSSR count). The largest absolute Gasteiger partial charge is 0.462 e. The summed E-state index contributed by atoms with van der Waals surface area (Å²) >= 11 is 0. The van der Waals surface area contributed by atoms with Crippen LogP contribution in [0, 0.1) is 6.92 Å². The Labute approximate surface area is 78.1 Å². The molecule has 0 aliphatic heterocycles. The third-order valence-corrected chi connectivity index (χ3v) is 1.52. The fourth-order valence-electron chi connectivity index (χ4n) is 0.984. The van der Waals surface area contributed by atoms with E-state index in [2.05, 4.69) is 13.2 Å². The average molecular weight is 176 g/mol. The summed E-state index contributed by atoms with van der Waals surface area (Å²) in [6, 6.07) is 5.64. The van der Waals surface area contributed by atoms with Gasteiger partial charge in [0.25, 0.3) is 0 Å². The molecule has 1 aromatic carbocycles. The lowest BCUT2D eigenvalue weighted by atomic mass is 10.2. The number of hydrogen-bond donors (Lipinski definition) is 0. The second-order valence-electron chi connectivity index (χ2n) is 2.52. The second-order valence-corrected chi connectivity index (χ2v) is 2.52. The highest BCUT2D eigenvalue weighted by atomic mass is 16.5. The van der Waals surface area contributed by atoms with E-state index >= 15 is 0 Å². The molecule has 2 nitrogen and oxygen atoms in total. The van der Waals surface area contributed by atoms with Crippen molar-refractivity contribution >= 4 is 0 Å². The third kappa shape index (κ3) is 2.37. The fraction of sp³-hybridized carbons (Fsp3) is 0.0909. The lowest BCUT2D eigenvalue weighted by Gasteiger charge is -2.07. The highest BCUT2D eigenvalue weighted by Gasteiger charge is 2.02. The molecule has 0 saturated heterocycles. The van der Waals surface area contributed by atoms with E-state index in [1.54, 1.807) is 0 Å². The Morgan fingerprint density at radius 2 is 1.69 bits per heavy atom. The van der Waals surface area contributed by atoms with Gasteiger partial charge in [-0.1, -0.05) is 19.2 Å². The van der Waals surface area contributed by atoms with Crippen LogP contribution in [0.2, 0.25) is 0 Å². The van der Waals surface area contributed by atoms with Crippen LogP contribution in [0.15, 0.2) is 43.9 Å². The SMILES string of the molecule is C=COc1ccc(C)cc1OC=C. The van der Waals surface area contributed by atoms with Crippen molar-refractivity contribution in [3.05, 3.63) is 49.4 Å². The van der Waals surface area contributed by atoms with Crippen molar-refractivity contribution in [1.29, 1.82) is 0 Å². The summed E-state index contributed by atoms with van der Waals surface area (Å²) in [5, 5.41) is 0. The van der Waals surface area contributed by atoms with Crippen molar-refractivity contribution in [3.8, 4) is 11.5 Å². The van der Waals surface area contributed by atoms with Crippen LogP contribution in [-0.4, -0.2) is 0 Å². The van der Waals surface area contributed by atoms with Crippen LogP contribution < -0.4 is 9.47 Å². The first-order valence-corrected chi connectivity index (χ1v) is 3.93. The van der Waals surface area contributed by atoms with Crippen molar-refractivity contribution in [1.82, 2.24) is 0 Å².